The van der Waals surface area contributed by atoms with Crippen LogP contribution in [0.3, 0.4) is 0 Å². The monoisotopic (exact) mass is 491 g/mol. The Labute approximate surface area is 199 Å². The first kappa shape index (κ1) is 24.9. The summed E-state index contributed by atoms with van der Waals surface area (Å²) < 4.78 is 64.1. The fourth-order valence-corrected chi connectivity index (χ4v) is 3.95. The molecule has 6 nitrogen and oxygen atoms in total. The van der Waals surface area contributed by atoms with Gasteiger partial charge < -0.3 is 14.5 Å². The number of carbonyl (C=O) groups is 1. The number of carbonyl (C=O) groups excluding carboxylic acids is 1. The molecule has 1 saturated heterocycles. The Kier molecular flexibility index (Phi) is 7.82. The van der Waals surface area contributed by atoms with Crippen LogP contribution in [0, 0.1) is 5.82 Å². The molecule has 10 heteroatoms. The predicted molar refractivity (Wildman–Crippen MR) is 119 cm³/mol. The summed E-state index contributed by atoms with van der Waals surface area (Å²) in [6, 6.07) is 11.0. The van der Waals surface area contributed by atoms with Crippen LogP contribution in [-0.4, -0.2) is 35.0 Å². The summed E-state index contributed by atoms with van der Waals surface area (Å²) in [5.41, 5.74) is 0.417. The lowest BCUT2D eigenvalue weighted by molar-refractivity contribution is -0.137. The first-order valence-electron chi connectivity index (χ1n) is 11.2. The number of nitrogens with zero attached hydrogens (tertiary/aromatic N) is 2. The van der Waals surface area contributed by atoms with E-state index in [1.165, 1.54) is 24.5 Å². The first-order chi connectivity index (χ1) is 16.8. The van der Waals surface area contributed by atoms with E-state index >= 15 is 0 Å². The van der Waals surface area contributed by atoms with Gasteiger partial charge in [0.2, 0.25) is 5.89 Å². The minimum absolute atomic E-state index is 0.0143. The number of hydrogen-bond donors (Lipinski definition) is 1. The average Bonchev–Trinajstić information content (AvgIpc) is 3.49. The van der Waals surface area contributed by atoms with E-state index in [0.29, 0.717) is 24.3 Å². The van der Waals surface area contributed by atoms with Crippen molar-refractivity contribution in [1.29, 1.82) is 0 Å². The quantitative estimate of drug-likeness (QED) is 0.430. The average molecular weight is 491 g/mol. The van der Waals surface area contributed by atoms with Crippen molar-refractivity contribution in [3.8, 4) is 0 Å². The van der Waals surface area contributed by atoms with E-state index in [0.717, 1.165) is 25.0 Å². The molecule has 2 aromatic carbocycles. The van der Waals surface area contributed by atoms with Gasteiger partial charge in [0.1, 0.15) is 12.1 Å². The number of alkyl halides is 3. The fourth-order valence-electron chi connectivity index (χ4n) is 3.95. The predicted octanol–water partition coefficient (Wildman–Crippen LogP) is 4.94. The van der Waals surface area contributed by atoms with Gasteiger partial charge in [0.05, 0.1) is 18.2 Å². The highest BCUT2D eigenvalue weighted by Crippen LogP contribution is 2.30. The molecule has 1 fully saturated rings. The Bertz CT molecular complexity index is 1140. The van der Waals surface area contributed by atoms with Crippen LogP contribution in [0.1, 0.15) is 45.9 Å². The van der Waals surface area contributed by atoms with E-state index < -0.39 is 23.5 Å². The largest absolute Gasteiger partial charge is 0.447 e. The zero-order valence-electron chi connectivity index (χ0n) is 18.9. The summed E-state index contributed by atoms with van der Waals surface area (Å²) in [5, 5.41) is 2.77. The van der Waals surface area contributed by atoms with E-state index in [2.05, 4.69) is 10.3 Å². The molecule has 0 aliphatic carbocycles. The number of nitrogens with one attached hydrogen (secondary N) is 1. The molecule has 0 radical (unpaired) electrons. The van der Waals surface area contributed by atoms with Crippen molar-refractivity contribution in [1.82, 2.24) is 15.2 Å². The maximum atomic E-state index is 13.7. The van der Waals surface area contributed by atoms with Gasteiger partial charge in [-0.15, -0.1) is 0 Å². The van der Waals surface area contributed by atoms with Crippen LogP contribution in [0.15, 0.2) is 59.2 Å². The van der Waals surface area contributed by atoms with Crippen LogP contribution >= 0.6 is 0 Å². The van der Waals surface area contributed by atoms with E-state index in [4.69, 9.17) is 9.15 Å². The Morgan fingerprint density at radius 1 is 1.09 bits per heavy atom. The molecular weight excluding hydrogens is 466 g/mol. The van der Waals surface area contributed by atoms with Crippen molar-refractivity contribution in [2.75, 3.05) is 13.2 Å². The van der Waals surface area contributed by atoms with Crippen molar-refractivity contribution in [3.05, 3.63) is 88.9 Å². The zero-order valence-corrected chi connectivity index (χ0v) is 18.9. The lowest BCUT2D eigenvalue weighted by atomic mass is 10.1. The van der Waals surface area contributed by atoms with Crippen LogP contribution in [-0.2, 0) is 30.5 Å². The van der Waals surface area contributed by atoms with Gasteiger partial charge in [0, 0.05) is 26.2 Å². The van der Waals surface area contributed by atoms with Gasteiger partial charge in [-0.3, -0.25) is 9.69 Å². The molecule has 0 bridgehead atoms. The molecule has 1 aromatic heterocycles. The van der Waals surface area contributed by atoms with Gasteiger partial charge in [-0.25, -0.2) is 9.37 Å². The van der Waals surface area contributed by atoms with Gasteiger partial charge in [0.15, 0.2) is 5.69 Å². The number of amides is 1. The molecule has 0 unspecified atom stereocenters. The fraction of sp³-hybridized carbons (Fsp3) is 0.360. The van der Waals surface area contributed by atoms with Crippen LogP contribution in [0.4, 0.5) is 17.6 Å². The van der Waals surface area contributed by atoms with E-state index in [1.54, 1.807) is 23.1 Å². The molecule has 35 heavy (non-hydrogen) atoms. The second-order valence-corrected chi connectivity index (χ2v) is 8.44. The molecule has 1 aliphatic rings. The first-order valence-corrected chi connectivity index (χ1v) is 11.2. The molecule has 1 amide bonds. The Balaban J connectivity index is 1.47. The molecule has 0 saturated carbocycles. The Hall–Kier alpha value is -3.24. The standard InChI is InChI=1S/C25H25F4N3O3/c26-20-7-2-5-18(11-20)14-32(13-17-4-1-6-19(10-17)25(27,28)29)15-23-31-22(16-35-23)24(33)30-12-21-8-3-9-34-21/h1-2,4-7,10-11,16,21H,3,8-9,12-15H2,(H,30,33)/t21-/m1/s1. The highest BCUT2D eigenvalue weighted by molar-refractivity contribution is 5.91. The minimum atomic E-state index is -4.46. The number of oxazole rings is 1. The van der Waals surface area contributed by atoms with E-state index in [9.17, 15) is 22.4 Å². The number of aromatic nitrogens is 1. The molecule has 1 atom stereocenters. The van der Waals surface area contributed by atoms with Gasteiger partial charge in [0.25, 0.3) is 5.91 Å². The smallest absolute Gasteiger partial charge is 0.416 e. The maximum absolute atomic E-state index is 13.7. The van der Waals surface area contributed by atoms with Gasteiger partial charge >= 0.3 is 6.18 Å². The number of ether oxygens (including phenoxy) is 1. The molecule has 1 aliphatic heterocycles. The highest BCUT2D eigenvalue weighted by atomic mass is 19.4. The van der Waals surface area contributed by atoms with Gasteiger partial charge in [-0.1, -0.05) is 30.3 Å². The van der Waals surface area contributed by atoms with Crippen LogP contribution in [0.5, 0.6) is 0 Å². The number of benzene rings is 2. The van der Waals surface area contributed by atoms with Gasteiger partial charge in [-0.2, -0.15) is 13.2 Å². The molecule has 4 rings (SSSR count). The second kappa shape index (κ2) is 11.0. The summed E-state index contributed by atoms with van der Waals surface area (Å²) in [6.45, 7) is 1.52. The highest BCUT2D eigenvalue weighted by Gasteiger charge is 2.30. The summed E-state index contributed by atoms with van der Waals surface area (Å²) in [6.07, 6.45) is -1.39. The molecule has 3 aromatic rings. The Morgan fingerprint density at radius 2 is 1.83 bits per heavy atom. The molecule has 0 spiro atoms. The lowest BCUT2D eigenvalue weighted by Gasteiger charge is -2.21. The van der Waals surface area contributed by atoms with Crippen molar-refractivity contribution >= 4 is 5.91 Å². The summed E-state index contributed by atoms with van der Waals surface area (Å²) >= 11 is 0. The minimum Gasteiger partial charge on any atom is -0.447 e. The third kappa shape index (κ3) is 7.12. The normalized spacial score (nSPS) is 16.1. The van der Waals surface area contributed by atoms with Crippen molar-refractivity contribution in [2.24, 2.45) is 0 Å². The van der Waals surface area contributed by atoms with E-state index in [1.807, 2.05) is 0 Å². The SMILES string of the molecule is O=C(NC[C@H]1CCCO1)c1coc(CN(Cc2cccc(F)c2)Cc2cccc(C(F)(F)F)c2)n1. The van der Waals surface area contributed by atoms with Crippen LogP contribution in [0.25, 0.3) is 0 Å². The van der Waals surface area contributed by atoms with Crippen LogP contribution in [0.2, 0.25) is 0 Å². The van der Waals surface area contributed by atoms with Crippen molar-refractivity contribution in [2.45, 2.75) is 44.8 Å². The third-order valence-electron chi connectivity index (χ3n) is 5.61. The lowest BCUT2D eigenvalue weighted by Crippen LogP contribution is -2.32. The topological polar surface area (TPSA) is 67.6 Å². The van der Waals surface area contributed by atoms with Gasteiger partial charge in [-0.05, 0) is 42.2 Å². The summed E-state index contributed by atoms with van der Waals surface area (Å²) in [5.74, 6) is -0.594. The summed E-state index contributed by atoms with van der Waals surface area (Å²) in [4.78, 5) is 18.4. The maximum Gasteiger partial charge on any atom is 0.416 e. The Morgan fingerprint density at radius 3 is 2.51 bits per heavy atom. The molecule has 1 N–H and O–H groups in total. The second-order valence-electron chi connectivity index (χ2n) is 8.44. The molecule has 186 valence electrons. The number of hydrogen-bond acceptors (Lipinski definition) is 5. The van der Waals surface area contributed by atoms with Crippen molar-refractivity contribution in [3.63, 3.8) is 0 Å². The molecule has 2 heterocycles. The van der Waals surface area contributed by atoms with E-state index in [-0.39, 0.29) is 37.3 Å². The third-order valence-corrected chi connectivity index (χ3v) is 5.61. The number of halogens is 4. The zero-order chi connectivity index (χ0) is 24.8. The summed E-state index contributed by atoms with van der Waals surface area (Å²) in [7, 11) is 0. The number of rotatable bonds is 9. The van der Waals surface area contributed by atoms with Crippen LogP contribution < -0.4 is 5.32 Å². The molecular formula is C25H25F4N3O3. The van der Waals surface area contributed by atoms with Crippen molar-refractivity contribution < 1.29 is 31.5 Å².